The molecule has 94 valence electrons. The SMILES string of the molecule is COc1cc(Nc2ncncc2I)cc(OC)c1. The first-order valence-electron chi connectivity index (χ1n) is 5.18. The van der Waals surface area contributed by atoms with Gasteiger partial charge in [0.15, 0.2) is 0 Å². The van der Waals surface area contributed by atoms with Crippen molar-refractivity contribution in [3.63, 3.8) is 0 Å². The van der Waals surface area contributed by atoms with E-state index in [4.69, 9.17) is 9.47 Å². The van der Waals surface area contributed by atoms with Crippen molar-refractivity contribution in [1.29, 1.82) is 0 Å². The molecular weight excluding hydrogens is 345 g/mol. The van der Waals surface area contributed by atoms with Crippen LogP contribution >= 0.6 is 22.6 Å². The summed E-state index contributed by atoms with van der Waals surface area (Å²) < 4.78 is 11.4. The molecule has 0 unspecified atom stereocenters. The topological polar surface area (TPSA) is 56.3 Å². The molecule has 6 heteroatoms. The molecule has 0 saturated heterocycles. The first kappa shape index (κ1) is 12.9. The molecule has 0 bridgehead atoms. The lowest BCUT2D eigenvalue weighted by atomic mass is 10.2. The Kier molecular flexibility index (Phi) is 4.19. The molecule has 0 fully saturated rings. The fourth-order valence-corrected chi connectivity index (χ4v) is 1.86. The Balaban J connectivity index is 2.31. The van der Waals surface area contributed by atoms with Gasteiger partial charge in [0.1, 0.15) is 23.6 Å². The van der Waals surface area contributed by atoms with Gasteiger partial charge in [-0.2, -0.15) is 0 Å². The zero-order valence-electron chi connectivity index (χ0n) is 9.98. The number of anilines is 2. The van der Waals surface area contributed by atoms with E-state index in [0.717, 1.165) is 26.6 Å². The number of methoxy groups -OCH3 is 2. The van der Waals surface area contributed by atoms with Gasteiger partial charge in [-0.05, 0) is 22.6 Å². The molecule has 0 atom stereocenters. The molecule has 0 radical (unpaired) electrons. The highest BCUT2D eigenvalue weighted by molar-refractivity contribution is 14.1. The Hall–Kier alpha value is -1.57. The Morgan fingerprint density at radius 1 is 1.11 bits per heavy atom. The van der Waals surface area contributed by atoms with Crippen LogP contribution in [0.15, 0.2) is 30.7 Å². The van der Waals surface area contributed by atoms with Crippen molar-refractivity contribution in [3.8, 4) is 11.5 Å². The lowest BCUT2D eigenvalue weighted by Crippen LogP contribution is -1.98. The molecule has 1 aromatic heterocycles. The van der Waals surface area contributed by atoms with E-state index in [1.54, 1.807) is 20.4 Å². The predicted molar refractivity (Wildman–Crippen MR) is 77.6 cm³/mol. The van der Waals surface area contributed by atoms with Crippen molar-refractivity contribution in [2.45, 2.75) is 0 Å². The number of nitrogens with one attached hydrogen (secondary N) is 1. The molecule has 0 aliphatic rings. The van der Waals surface area contributed by atoms with Crippen LogP contribution in [0.5, 0.6) is 11.5 Å². The molecule has 2 rings (SSSR count). The maximum absolute atomic E-state index is 5.21. The van der Waals surface area contributed by atoms with Crippen LogP contribution in [0.3, 0.4) is 0 Å². The van der Waals surface area contributed by atoms with Crippen molar-refractivity contribution in [2.75, 3.05) is 19.5 Å². The van der Waals surface area contributed by atoms with E-state index < -0.39 is 0 Å². The van der Waals surface area contributed by atoms with Gasteiger partial charge in [0, 0.05) is 30.1 Å². The molecule has 5 nitrogen and oxygen atoms in total. The van der Waals surface area contributed by atoms with Crippen LogP contribution in [0.25, 0.3) is 0 Å². The van der Waals surface area contributed by atoms with Crippen LogP contribution in [0.4, 0.5) is 11.5 Å². The second-order valence-corrected chi connectivity index (χ2v) is 4.61. The summed E-state index contributed by atoms with van der Waals surface area (Å²) in [5.41, 5.74) is 0.850. The molecular formula is C12H12IN3O2. The maximum atomic E-state index is 5.21. The van der Waals surface area contributed by atoms with Gasteiger partial charge >= 0.3 is 0 Å². The van der Waals surface area contributed by atoms with E-state index in [0.29, 0.717) is 0 Å². The van der Waals surface area contributed by atoms with Crippen molar-refractivity contribution >= 4 is 34.1 Å². The van der Waals surface area contributed by atoms with Gasteiger partial charge in [0.05, 0.1) is 17.8 Å². The Morgan fingerprint density at radius 3 is 2.33 bits per heavy atom. The molecule has 1 aromatic carbocycles. The van der Waals surface area contributed by atoms with Crippen molar-refractivity contribution in [2.24, 2.45) is 0 Å². The van der Waals surface area contributed by atoms with Gasteiger partial charge in [-0.3, -0.25) is 0 Å². The standard InChI is InChI=1S/C12H12IN3O2/c1-17-9-3-8(4-10(5-9)18-2)16-12-11(13)6-14-7-15-12/h3-7H,1-2H3,(H,14,15,16). The molecule has 0 aliphatic carbocycles. The Bertz CT molecular complexity index is 526. The van der Waals surface area contributed by atoms with E-state index in [2.05, 4.69) is 37.9 Å². The van der Waals surface area contributed by atoms with Gasteiger partial charge in [-0.15, -0.1) is 0 Å². The third-order valence-corrected chi connectivity index (χ3v) is 3.07. The number of benzene rings is 1. The lowest BCUT2D eigenvalue weighted by molar-refractivity contribution is 0.395. The third-order valence-electron chi connectivity index (χ3n) is 2.28. The van der Waals surface area contributed by atoms with Crippen LogP contribution in [-0.4, -0.2) is 24.2 Å². The van der Waals surface area contributed by atoms with E-state index in [-0.39, 0.29) is 0 Å². The normalized spacial score (nSPS) is 9.94. The largest absolute Gasteiger partial charge is 0.497 e. The Labute approximate surface area is 119 Å². The first-order chi connectivity index (χ1) is 8.72. The second-order valence-electron chi connectivity index (χ2n) is 3.45. The summed E-state index contributed by atoms with van der Waals surface area (Å²) in [4.78, 5) is 8.12. The van der Waals surface area contributed by atoms with E-state index >= 15 is 0 Å². The summed E-state index contributed by atoms with van der Waals surface area (Å²) in [6.45, 7) is 0. The van der Waals surface area contributed by atoms with Gasteiger partial charge in [0.25, 0.3) is 0 Å². The number of rotatable bonds is 4. The first-order valence-corrected chi connectivity index (χ1v) is 6.26. The van der Waals surface area contributed by atoms with Crippen LogP contribution < -0.4 is 14.8 Å². The monoisotopic (exact) mass is 357 g/mol. The zero-order valence-corrected chi connectivity index (χ0v) is 12.1. The Morgan fingerprint density at radius 2 is 1.78 bits per heavy atom. The van der Waals surface area contributed by atoms with Gasteiger partial charge in [-0.1, -0.05) is 0 Å². The summed E-state index contributed by atoms with van der Waals surface area (Å²) in [7, 11) is 3.24. The molecule has 1 N–H and O–H groups in total. The number of halogens is 1. The fraction of sp³-hybridized carbons (Fsp3) is 0.167. The van der Waals surface area contributed by atoms with Gasteiger partial charge in [0.2, 0.25) is 0 Å². The quantitative estimate of drug-likeness (QED) is 0.853. The smallest absolute Gasteiger partial charge is 0.147 e. The molecule has 2 aromatic rings. The molecule has 0 aliphatic heterocycles. The summed E-state index contributed by atoms with van der Waals surface area (Å²) in [6, 6.07) is 5.57. The number of aromatic nitrogens is 2. The van der Waals surface area contributed by atoms with Crippen LogP contribution in [-0.2, 0) is 0 Å². The van der Waals surface area contributed by atoms with Gasteiger partial charge < -0.3 is 14.8 Å². The summed E-state index contributed by atoms with van der Waals surface area (Å²) in [5, 5.41) is 3.20. The van der Waals surface area contributed by atoms with Crippen LogP contribution in [0.1, 0.15) is 0 Å². The van der Waals surface area contributed by atoms with Crippen molar-refractivity contribution < 1.29 is 9.47 Å². The van der Waals surface area contributed by atoms with Crippen LogP contribution in [0, 0.1) is 3.57 Å². The van der Waals surface area contributed by atoms with Crippen LogP contribution in [0.2, 0.25) is 0 Å². The minimum atomic E-state index is 0.723. The minimum absolute atomic E-state index is 0.723. The molecule has 0 amide bonds. The minimum Gasteiger partial charge on any atom is -0.497 e. The highest BCUT2D eigenvalue weighted by Gasteiger charge is 2.05. The summed E-state index contributed by atoms with van der Waals surface area (Å²) >= 11 is 2.17. The highest BCUT2D eigenvalue weighted by atomic mass is 127. The second kappa shape index (κ2) is 5.85. The number of hydrogen-bond acceptors (Lipinski definition) is 5. The zero-order chi connectivity index (χ0) is 13.0. The molecule has 0 saturated carbocycles. The van der Waals surface area contributed by atoms with Gasteiger partial charge in [-0.25, -0.2) is 9.97 Å². The fourth-order valence-electron chi connectivity index (χ4n) is 1.42. The number of hydrogen-bond donors (Lipinski definition) is 1. The lowest BCUT2D eigenvalue weighted by Gasteiger charge is -2.10. The van der Waals surface area contributed by atoms with Crippen molar-refractivity contribution in [1.82, 2.24) is 9.97 Å². The molecule has 18 heavy (non-hydrogen) atoms. The number of nitrogens with zero attached hydrogens (tertiary/aromatic N) is 2. The average molecular weight is 357 g/mol. The average Bonchev–Trinajstić information content (AvgIpc) is 2.41. The van der Waals surface area contributed by atoms with E-state index in [1.165, 1.54) is 6.33 Å². The van der Waals surface area contributed by atoms with E-state index in [9.17, 15) is 0 Å². The predicted octanol–water partition coefficient (Wildman–Crippen LogP) is 2.84. The molecule has 1 heterocycles. The van der Waals surface area contributed by atoms with Crippen molar-refractivity contribution in [3.05, 3.63) is 34.3 Å². The number of ether oxygens (including phenoxy) is 2. The third kappa shape index (κ3) is 3.00. The highest BCUT2D eigenvalue weighted by Crippen LogP contribution is 2.28. The molecule has 0 spiro atoms. The van der Waals surface area contributed by atoms with E-state index in [1.807, 2.05) is 18.2 Å². The summed E-state index contributed by atoms with van der Waals surface area (Å²) in [5.74, 6) is 2.20. The summed E-state index contributed by atoms with van der Waals surface area (Å²) in [6.07, 6.45) is 3.25. The maximum Gasteiger partial charge on any atom is 0.147 e.